The number of carbonyl (C=O) groups is 1. The van der Waals surface area contributed by atoms with E-state index >= 15 is 0 Å². The number of nitrogens with two attached hydrogens (primary N) is 1. The SMILES string of the molecule is CC(C)C(=O)NCCCN=C(N)Nc1ccccc1OC(F)(F)F.I. The van der Waals surface area contributed by atoms with Crippen molar-refractivity contribution in [3.8, 4) is 5.75 Å². The molecule has 0 saturated carbocycles. The number of amides is 1. The fraction of sp³-hybridized carbons (Fsp3) is 0.467. The highest BCUT2D eigenvalue weighted by Crippen LogP contribution is 2.29. The monoisotopic (exact) mass is 474 g/mol. The van der Waals surface area contributed by atoms with Crippen LogP contribution in [0.2, 0.25) is 0 Å². The third kappa shape index (κ3) is 9.99. The molecular weight excluding hydrogens is 452 g/mol. The largest absolute Gasteiger partial charge is 0.573 e. The Morgan fingerprint density at radius 1 is 1.32 bits per heavy atom. The van der Waals surface area contributed by atoms with Crippen LogP contribution in [-0.2, 0) is 4.79 Å². The Hall–Kier alpha value is -1.72. The molecule has 1 aromatic carbocycles. The summed E-state index contributed by atoms with van der Waals surface area (Å²) in [5.74, 6) is -0.579. The van der Waals surface area contributed by atoms with Crippen molar-refractivity contribution < 1.29 is 22.7 Å². The van der Waals surface area contributed by atoms with Gasteiger partial charge in [0.25, 0.3) is 0 Å². The molecule has 0 saturated heterocycles. The summed E-state index contributed by atoms with van der Waals surface area (Å²) in [6, 6.07) is 5.52. The van der Waals surface area contributed by atoms with Gasteiger partial charge in [-0.15, -0.1) is 37.1 Å². The number of anilines is 1. The van der Waals surface area contributed by atoms with E-state index in [1.165, 1.54) is 18.2 Å². The Kier molecular flexibility index (Phi) is 10.2. The van der Waals surface area contributed by atoms with E-state index in [0.717, 1.165) is 0 Å². The molecule has 1 amide bonds. The van der Waals surface area contributed by atoms with Crippen molar-refractivity contribution >= 4 is 41.5 Å². The van der Waals surface area contributed by atoms with Gasteiger partial charge in [-0.2, -0.15) is 0 Å². The zero-order valence-corrected chi connectivity index (χ0v) is 16.2. The molecule has 0 atom stereocenters. The van der Waals surface area contributed by atoms with Gasteiger partial charge in [-0.05, 0) is 18.6 Å². The topological polar surface area (TPSA) is 88.7 Å². The summed E-state index contributed by atoms with van der Waals surface area (Å²) in [7, 11) is 0. The molecule has 10 heteroatoms. The molecule has 0 heterocycles. The number of para-hydroxylation sites is 2. The molecule has 142 valence electrons. The minimum absolute atomic E-state index is 0. The second kappa shape index (κ2) is 11.0. The molecule has 0 radical (unpaired) electrons. The number of aliphatic imine (C=N–C) groups is 1. The average molecular weight is 474 g/mol. The number of nitrogens with one attached hydrogen (secondary N) is 2. The molecule has 0 aliphatic carbocycles. The lowest BCUT2D eigenvalue weighted by molar-refractivity contribution is -0.274. The van der Waals surface area contributed by atoms with E-state index in [1.807, 2.05) is 0 Å². The highest BCUT2D eigenvalue weighted by atomic mass is 127. The second-order valence-corrected chi connectivity index (χ2v) is 5.24. The Labute approximate surface area is 161 Å². The van der Waals surface area contributed by atoms with Crippen molar-refractivity contribution in [1.82, 2.24) is 5.32 Å². The molecule has 0 unspecified atom stereocenters. The van der Waals surface area contributed by atoms with Crippen molar-refractivity contribution in [2.45, 2.75) is 26.6 Å². The van der Waals surface area contributed by atoms with Gasteiger partial charge in [0.1, 0.15) is 0 Å². The van der Waals surface area contributed by atoms with Gasteiger partial charge in [0, 0.05) is 19.0 Å². The lowest BCUT2D eigenvalue weighted by Crippen LogP contribution is -2.29. The fourth-order valence-corrected chi connectivity index (χ4v) is 1.66. The van der Waals surface area contributed by atoms with Gasteiger partial charge in [-0.1, -0.05) is 26.0 Å². The van der Waals surface area contributed by atoms with E-state index in [1.54, 1.807) is 19.9 Å². The predicted molar refractivity (Wildman–Crippen MR) is 101 cm³/mol. The number of hydrogen-bond acceptors (Lipinski definition) is 3. The van der Waals surface area contributed by atoms with Crippen LogP contribution in [-0.4, -0.2) is 31.3 Å². The molecule has 1 aromatic rings. The molecule has 6 nitrogen and oxygen atoms in total. The van der Waals surface area contributed by atoms with Gasteiger partial charge in [0.05, 0.1) is 5.69 Å². The van der Waals surface area contributed by atoms with E-state index in [-0.39, 0.29) is 47.4 Å². The quantitative estimate of drug-likeness (QED) is 0.245. The molecule has 4 N–H and O–H groups in total. The highest BCUT2D eigenvalue weighted by molar-refractivity contribution is 14.0. The van der Waals surface area contributed by atoms with Gasteiger partial charge in [-0.3, -0.25) is 9.79 Å². The first kappa shape index (κ1) is 23.3. The third-order valence-electron chi connectivity index (χ3n) is 2.82. The predicted octanol–water partition coefficient (Wildman–Crippen LogP) is 3.09. The maximum absolute atomic E-state index is 12.3. The van der Waals surface area contributed by atoms with Crippen molar-refractivity contribution in [3.63, 3.8) is 0 Å². The summed E-state index contributed by atoms with van der Waals surface area (Å²) < 4.78 is 40.9. The molecule has 0 fully saturated rings. The lowest BCUT2D eigenvalue weighted by Gasteiger charge is -2.14. The number of hydrogen-bond donors (Lipinski definition) is 3. The molecule has 0 aromatic heterocycles. The Balaban J connectivity index is 0.00000576. The van der Waals surface area contributed by atoms with E-state index < -0.39 is 12.1 Å². The number of rotatable bonds is 7. The van der Waals surface area contributed by atoms with Crippen molar-refractivity contribution in [3.05, 3.63) is 24.3 Å². The van der Waals surface area contributed by atoms with Crippen LogP contribution in [0.15, 0.2) is 29.3 Å². The first-order valence-corrected chi connectivity index (χ1v) is 7.38. The van der Waals surface area contributed by atoms with Crippen LogP contribution in [0.3, 0.4) is 0 Å². The first-order chi connectivity index (χ1) is 11.2. The Bertz CT molecular complexity index is 580. The first-order valence-electron chi connectivity index (χ1n) is 7.38. The molecule has 0 aliphatic rings. The Morgan fingerprint density at radius 3 is 2.56 bits per heavy atom. The van der Waals surface area contributed by atoms with E-state index in [2.05, 4.69) is 20.4 Å². The third-order valence-corrected chi connectivity index (χ3v) is 2.82. The van der Waals surface area contributed by atoms with Crippen molar-refractivity contribution in [1.29, 1.82) is 0 Å². The van der Waals surface area contributed by atoms with Crippen LogP contribution in [0, 0.1) is 5.92 Å². The number of guanidine groups is 1. The number of carbonyl (C=O) groups excluding carboxylic acids is 1. The Morgan fingerprint density at radius 2 is 1.96 bits per heavy atom. The summed E-state index contributed by atoms with van der Waals surface area (Å²) in [6.07, 6.45) is -4.24. The molecule has 0 aliphatic heterocycles. The number of ether oxygens (including phenoxy) is 1. The zero-order valence-electron chi connectivity index (χ0n) is 13.9. The number of nitrogens with zero attached hydrogens (tertiary/aromatic N) is 1. The standard InChI is InChI=1S/C15H21F3N4O2.HI/c1-10(2)13(23)20-8-5-9-21-14(19)22-11-6-3-4-7-12(11)24-15(16,17)18;/h3-4,6-7,10H,5,8-9H2,1-2H3,(H,20,23)(H3,19,21,22);1H. The lowest BCUT2D eigenvalue weighted by atomic mass is 10.2. The zero-order chi connectivity index (χ0) is 18.2. The highest BCUT2D eigenvalue weighted by Gasteiger charge is 2.32. The van der Waals surface area contributed by atoms with Crippen LogP contribution < -0.4 is 21.1 Å². The summed E-state index contributed by atoms with van der Waals surface area (Å²) in [4.78, 5) is 15.3. The van der Waals surface area contributed by atoms with Gasteiger partial charge >= 0.3 is 6.36 Å². The maximum Gasteiger partial charge on any atom is 0.573 e. The molecular formula is C15H22F3IN4O2. The van der Waals surface area contributed by atoms with Crippen LogP contribution in [0.5, 0.6) is 5.75 Å². The van der Waals surface area contributed by atoms with Crippen molar-refractivity contribution in [2.75, 3.05) is 18.4 Å². The van der Waals surface area contributed by atoms with Gasteiger partial charge < -0.3 is 21.1 Å². The smallest absolute Gasteiger partial charge is 0.404 e. The number of alkyl halides is 3. The summed E-state index contributed by atoms with van der Waals surface area (Å²) in [5, 5.41) is 5.29. The number of halogens is 4. The van der Waals surface area contributed by atoms with E-state index in [4.69, 9.17) is 5.73 Å². The van der Waals surface area contributed by atoms with Gasteiger partial charge in [-0.25, -0.2) is 0 Å². The second-order valence-electron chi connectivity index (χ2n) is 5.24. The normalized spacial score (nSPS) is 11.7. The van der Waals surface area contributed by atoms with E-state index in [0.29, 0.717) is 19.5 Å². The van der Waals surface area contributed by atoms with Crippen molar-refractivity contribution in [2.24, 2.45) is 16.6 Å². The van der Waals surface area contributed by atoms with Crippen LogP contribution in [0.1, 0.15) is 20.3 Å². The molecule has 0 spiro atoms. The van der Waals surface area contributed by atoms with Crippen LogP contribution >= 0.6 is 24.0 Å². The van der Waals surface area contributed by atoms with Gasteiger partial charge in [0.15, 0.2) is 11.7 Å². The van der Waals surface area contributed by atoms with E-state index in [9.17, 15) is 18.0 Å². The molecule has 0 bridgehead atoms. The molecule has 1 rings (SSSR count). The summed E-state index contributed by atoms with van der Waals surface area (Å²) in [5.41, 5.74) is 5.70. The molecule has 25 heavy (non-hydrogen) atoms. The van der Waals surface area contributed by atoms with Crippen LogP contribution in [0.25, 0.3) is 0 Å². The average Bonchev–Trinajstić information content (AvgIpc) is 2.47. The summed E-state index contributed by atoms with van der Waals surface area (Å²) in [6.45, 7) is 4.34. The summed E-state index contributed by atoms with van der Waals surface area (Å²) >= 11 is 0. The minimum atomic E-state index is -4.79. The minimum Gasteiger partial charge on any atom is -0.404 e. The van der Waals surface area contributed by atoms with Crippen LogP contribution in [0.4, 0.5) is 18.9 Å². The van der Waals surface area contributed by atoms with Gasteiger partial charge in [0.2, 0.25) is 5.91 Å². The maximum atomic E-state index is 12.3. The number of benzene rings is 1. The fourth-order valence-electron chi connectivity index (χ4n) is 1.66.